The van der Waals surface area contributed by atoms with Crippen LogP contribution in [-0.2, 0) is 11.3 Å². The first-order valence-corrected chi connectivity index (χ1v) is 9.80. The Labute approximate surface area is 174 Å². The number of carbonyl (C=O) groups excluding carboxylic acids is 1. The van der Waals surface area contributed by atoms with Crippen LogP contribution in [0.15, 0.2) is 97.6 Å². The zero-order valence-corrected chi connectivity index (χ0v) is 16.2. The van der Waals surface area contributed by atoms with E-state index in [-0.39, 0.29) is 5.91 Å². The summed E-state index contributed by atoms with van der Waals surface area (Å²) in [4.78, 5) is 16.9. The molecule has 0 unspecified atom stereocenters. The molecule has 1 aliphatic rings. The van der Waals surface area contributed by atoms with Crippen LogP contribution < -0.4 is 10.6 Å². The van der Waals surface area contributed by atoms with Gasteiger partial charge in [0.05, 0.1) is 17.6 Å². The number of nitrogens with zero attached hydrogens (tertiary/aromatic N) is 2. The summed E-state index contributed by atoms with van der Waals surface area (Å²) in [6.07, 6.45) is 5.53. The zero-order valence-electron chi connectivity index (χ0n) is 16.2. The van der Waals surface area contributed by atoms with Crippen LogP contribution in [0, 0.1) is 0 Å². The molecule has 4 aromatic rings. The molecular weight excluding hydrogens is 372 g/mol. The Morgan fingerprint density at radius 3 is 2.47 bits per heavy atom. The number of rotatable bonds is 5. The number of carbonyl (C=O) groups is 1. The third-order valence-corrected chi connectivity index (χ3v) is 5.13. The Hall–Kier alpha value is -4.12. The highest BCUT2D eigenvalue weighted by Crippen LogP contribution is 2.37. The number of benzene rings is 3. The van der Waals surface area contributed by atoms with Gasteiger partial charge in [-0.05, 0) is 29.3 Å². The van der Waals surface area contributed by atoms with E-state index >= 15 is 0 Å². The highest BCUT2D eigenvalue weighted by Gasteiger charge is 2.27. The van der Waals surface area contributed by atoms with Gasteiger partial charge in [0.2, 0.25) is 0 Å². The topological polar surface area (TPSA) is 59.0 Å². The Morgan fingerprint density at radius 1 is 0.933 bits per heavy atom. The lowest BCUT2D eigenvalue weighted by molar-refractivity contribution is -0.110. The Balaban J connectivity index is 1.52. The van der Waals surface area contributed by atoms with Crippen LogP contribution >= 0.6 is 0 Å². The van der Waals surface area contributed by atoms with E-state index in [0.717, 1.165) is 34.7 Å². The molecule has 0 atom stereocenters. The van der Waals surface area contributed by atoms with Gasteiger partial charge in [0.25, 0.3) is 5.91 Å². The number of nitrogens with one attached hydrogen (secondary N) is 2. The summed E-state index contributed by atoms with van der Waals surface area (Å²) in [6.45, 7) is 0.767. The summed E-state index contributed by atoms with van der Waals surface area (Å²) >= 11 is 0. The summed E-state index contributed by atoms with van der Waals surface area (Å²) in [5, 5.41) is 6.47. The molecule has 0 spiro atoms. The molecule has 2 N–H and O–H groups in total. The van der Waals surface area contributed by atoms with Gasteiger partial charge < -0.3 is 15.2 Å². The van der Waals surface area contributed by atoms with Crippen molar-refractivity contribution >= 4 is 28.6 Å². The van der Waals surface area contributed by atoms with Crippen molar-refractivity contribution in [3.63, 3.8) is 0 Å². The Bertz CT molecular complexity index is 1210. The first kappa shape index (κ1) is 17.9. The maximum absolute atomic E-state index is 12.9. The lowest BCUT2D eigenvalue weighted by Gasteiger charge is -2.15. The summed E-state index contributed by atoms with van der Waals surface area (Å²) in [7, 11) is 0. The summed E-state index contributed by atoms with van der Waals surface area (Å²) in [5.41, 5.74) is 6.25. The number of imidazole rings is 1. The van der Waals surface area contributed by atoms with Crippen LogP contribution in [0.5, 0.6) is 0 Å². The molecule has 5 rings (SSSR count). The fourth-order valence-corrected chi connectivity index (χ4v) is 3.68. The van der Waals surface area contributed by atoms with Crippen molar-refractivity contribution in [3.05, 3.63) is 114 Å². The number of para-hydroxylation sites is 1. The van der Waals surface area contributed by atoms with Crippen LogP contribution in [-0.4, -0.2) is 15.5 Å². The van der Waals surface area contributed by atoms with Crippen molar-refractivity contribution in [1.82, 2.24) is 9.55 Å². The van der Waals surface area contributed by atoms with E-state index < -0.39 is 0 Å². The van der Waals surface area contributed by atoms with Gasteiger partial charge in [-0.2, -0.15) is 0 Å². The highest BCUT2D eigenvalue weighted by atomic mass is 16.2. The van der Waals surface area contributed by atoms with E-state index in [1.54, 1.807) is 12.5 Å². The van der Waals surface area contributed by atoms with Crippen LogP contribution in [0.2, 0.25) is 0 Å². The molecule has 1 aliphatic heterocycles. The van der Waals surface area contributed by atoms with Crippen LogP contribution in [0.25, 0.3) is 11.3 Å². The van der Waals surface area contributed by atoms with Crippen molar-refractivity contribution in [2.75, 3.05) is 10.6 Å². The number of hydrogen-bond acceptors (Lipinski definition) is 3. The van der Waals surface area contributed by atoms with Gasteiger partial charge in [-0.1, -0.05) is 60.7 Å². The molecular formula is C25H20N4O. The fraction of sp³-hybridized carbons (Fsp3) is 0.0400. The minimum Gasteiger partial charge on any atom is -0.354 e. The quantitative estimate of drug-likeness (QED) is 0.477. The molecule has 0 radical (unpaired) electrons. The maximum atomic E-state index is 12.9. The molecule has 3 aromatic carbocycles. The second-order valence-corrected chi connectivity index (χ2v) is 7.17. The van der Waals surface area contributed by atoms with Crippen LogP contribution in [0.3, 0.4) is 0 Å². The standard InChI is InChI=1S/C25H20N4O/c30-25-23(21-8-4-5-9-22(21)28-25)24(19-6-2-1-3-7-19)27-20-12-10-18(11-13-20)16-29-15-14-26-17-29/h1-15,17,27H,16H2,(H,28,30). The smallest absolute Gasteiger partial charge is 0.258 e. The fourth-order valence-electron chi connectivity index (χ4n) is 3.68. The normalized spacial score (nSPS) is 14.2. The van der Waals surface area contributed by atoms with Crippen molar-refractivity contribution < 1.29 is 4.79 Å². The predicted molar refractivity (Wildman–Crippen MR) is 120 cm³/mol. The molecule has 2 heterocycles. The second-order valence-electron chi connectivity index (χ2n) is 7.17. The van der Waals surface area contributed by atoms with Gasteiger partial charge in [-0.15, -0.1) is 0 Å². The zero-order chi connectivity index (χ0) is 20.3. The van der Waals surface area contributed by atoms with E-state index in [9.17, 15) is 4.79 Å². The first-order valence-electron chi connectivity index (χ1n) is 9.80. The van der Waals surface area contributed by atoms with E-state index in [4.69, 9.17) is 0 Å². The molecule has 1 aromatic heterocycles. The minimum absolute atomic E-state index is 0.0979. The molecule has 5 heteroatoms. The number of aromatic nitrogens is 2. The Morgan fingerprint density at radius 2 is 1.70 bits per heavy atom. The van der Waals surface area contributed by atoms with E-state index in [1.807, 2.05) is 77.5 Å². The average Bonchev–Trinajstić information content (AvgIpc) is 3.41. The van der Waals surface area contributed by atoms with Gasteiger partial charge in [0, 0.05) is 35.9 Å². The third kappa shape index (κ3) is 3.49. The SMILES string of the molecule is O=C1Nc2ccccc2C1=C(Nc1ccc(Cn2ccnc2)cc1)c1ccccc1. The second kappa shape index (κ2) is 7.72. The van der Waals surface area contributed by atoms with Gasteiger partial charge in [0.15, 0.2) is 0 Å². The molecule has 1 amide bonds. The molecule has 0 bridgehead atoms. The number of fused-ring (bicyclic) bond motifs is 1. The van der Waals surface area contributed by atoms with Gasteiger partial charge in [-0.25, -0.2) is 4.98 Å². The minimum atomic E-state index is -0.0979. The molecule has 0 saturated carbocycles. The monoisotopic (exact) mass is 392 g/mol. The lowest BCUT2D eigenvalue weighted by atomic mass is 10.00. The number of amides is 1. The van der Waals surface area contributed by atoms with Gasteiger partial charge in [0.1, 0.15) is 0 Å². The molecule has 5 nitrogen and oxygen atoms in total. The number of hydrogen-bond donors (Lipinski definition) is 2. The first-order chi connectivity index (χ1) is 14.8. The van der Waals surface area contributed by atoms with E-state index in [1.165, 1.54) is 5.56 Å². The van der Waals surface area contributed by atoms with Crippen LogP contribution in [0.4, 0.5) is 11.4 Å². The summed E-state index contributed by atoms with van der Waals surface area (Å²) in [6, 6.07) is 26.0. The van der Waals surface area contributed by atoms with E-state index in [0.29, 0.717) is 5.57 Å². The maximum Gasteiger partial charge on any atom is 0.258 e. The molecule has 0 fully saturated rings. The molecule has 0 saturated heterocycles. The largest absolute Gasteiger partial charge is 0.354 e. The van der Waals surface area contributed by atoms with E-state index in [2.05, 4.69) is 27.8 Å². The number of anilines is 2. The summed E-state index contributed by atoms with van der Waals surface area (Å²) in [5.74, 6) is -0.0979. The Kier molecular flexibility index (Phi) is 4.62. The molecule has 0 aliphatic carbocycles. The van der Waals surface area contributed by atoms with Crippen molar-refractivity contribution in [2.24, 2.45) is 0 Å². The lowest BCUT2D eigenvalue weighted by Crippen LogP contribution is -2.10. The van der Waals surface area contributed by atoms with Crippen molar-refractivity contribution in [3.8, 4) is 0 Å². The van der Waals surface area contributed by atoms with Crippen LogP contribution in [0.1, 0.15) is 16.7 Å². The molecule has 30 heavy (non-hydrogen) atoms. The third-order valence-electron chi connectivity index (χ3n) is 5.13. The van der Waals surface area contributed by atoms with Gasteiger partial charge >= 0.3 is 0 Å². The molecule has 146 valence electrons. The highest BCUT2D eigenvalue weighted by molar-refractivity contribution is 6.37. The van der Waals surface area contributed by atoms with Crippen molar-refractivity contribution in [1.29, 1.82) is 0 Å². The van der Waals surface area contributed by atoms with Crippen molar-refractivity contribution in [2.45, 2.75) is 6.54 Å². The van der Waals surface area contributed by atoms with Gasteiger partial charge in [-0.3, -0.25) is 4.79 Å². The predicted octanol–water partition coefficient (Wildman–Crippen LogP) is 4.86. The average molecular weight is 392 g/mol. The summed E-state index contributed by atoms with van der Waals surface area (Å²) < 4.78 is 2.03.